The van der Waals surface area contributed by atoms with Crippen LogP contribution in [0.25, 0.3) is 0 Å². The van der Waals surface area contributed by atoms with Gasteiger partial charge in [-0.25, -0.2) is 17.6 Å². The first-order valence-electron chi connectivity index (χ1n) is 10.0. The van der Waals surface area contributed by atoms with Gasteiger partial charge < -0.3 is 9.47 Å². The van der Waals surface area contributed by atoms with Crippen molar-refractivity contribution in [2.24, 2.45) is 0 Å². The second-order valence-corrected chi connectivity index (χ2v) is 8.80. The van der Waals surface area contributed by atoms with Crippen molar-refractivity contribution in [3.05, 3.63) is 22.7 Å². The van der Waals surface area contributed by atoms with E-state index in [-0.39, 0.29) is 6.92 Å². The van der Waals surface area contributed by atoms with Crippen molar-refractivity contribution in [2.45, 2.75) is 88.9 Å². The summed E-state index contributed by atoms with van der Waals surface area (Å²) in [7, 11) is 0. The molecule has 2 nitrogen and oxygen atoms in total. The van der Waals surface area contributed by atoms with Crippen LogP contribution in [0, 0.1) is 0 Å². The van der Waals surface area contributed by atoms with Crippen molar-refractivity contribution in [1.82, 2.24) is 0 Å². The smallest absolute Gasteiger partial charge is 0.449 e. The Bertz CT molecular complexity index is 862. The average molecular weight is 598 g/mol. The van der Waals surface area contributed by atoms with Crippen molar-refractivity contribution in [2.75, 3.05) is 13.2 Å². The third-order valence-corrected chi connectivity index (χ3v) is 5.08. The molecule has 0 heterocycles. The molecule has 18 heteroatoms. The van der Waals surface area contributed by atoms with E-state index >= 15 is 0 Å². The Kier molecular flexibility index (Phi) is 9.94. The molecule has 226 valence electrons. The van der Waals surface area contributed by atoms with Gasteiger partial charge in [0.2, 0.25) is 22.8 Å². The molecule has 0 aromatic rings. The van der Waals surface area contributed by atoms with Crippen molar-refractivity contribution < 1.29 is 79.7 Å². The lowest BCUT2D eigenvalue weighted by atomic mass is 9.83. The average Bonchev–Trinajstić information content (AvgIpc) is 2.58. The molecule has 0 aromatic carbocycles. The van der Waals surface area contributed by atoms with Crippen LogP contribution < -0.4 is 0 Å². The molecule has 0 N–H and O–H groups in total. The molecule has 0 saturated carbocycles. The lowest BCUT2D eigenvalue weighted by molar-refractivity contribution is -0.248. The summed E-state index contributed by atoms with van der Waals surface area (Å²) >= 11 is 0. The fourth-order valence-electron chi connectivity index (χ4n) is 3.31. The highest BCUT2D eigenvalue weighted by Gasteiger charge is 2.69. The molecule has 3 atom stereocenters. The first-order chi connectivity index (χ1) is 16.3. The molecule has 0 aliphatic carbocycles. The number of halogens is 16. The summed E-state index contributed by atoms with van der Waals surface area (Å²) < 4.78 is 224. The SMILES string of the molecule is C/C(OCCOC(=C(C(C)(F)C(F)(F)F)C(C)(F)C(F)(F)F)C(F)(F)F)=C(\C(C)(C)F)C(C)(F)C(F)(F)F. The topological polar surface area (TPSA) is 18.5 Å². The van der Waals surface area contributed by atoms with Crippen LogP contribution in [0.5, 0.6) is 0 Å². The molecule has 0 saturated heterocycles. The van der Waals surface area contributed by atoms with Crippen molar-refractivity contribution in [3.63, 3.8) is 0 Å². The van der Waals surface area contributed by atoms with E-state index < -0.39 is 97.1 Å². The van der Waals surface area contributed by atoms with Crippen LogP contribution in [-0.2, 0) is 9.47 Å². The number of hydrogen-bond donors (Lipinski definition) is 0. The van der Waals surface area contributed by atoms with Crippen molar-refractivity contribution >= 4 is 0 Å². The molecule has 0 bridgehead atoms. The number of ether oxygens (including phenoxy) is 2. The Labute approximate surface area is 205 Å². The molecule has 3 unspecified atom stereocenters. The second kappa shape index (κ2) is 10.5. The van der Waals surface area contributed by atoms with Crippen LogP contribution in [-0.4, -0.2) is 60.6 Å². The molecule has 0 aromatic heterocycles. The van der Waals surface area contributed by atoms with Gasteiger partial charge in [-0.05, 0) is 41.5 Å². The third-order valence-electron chi connectivity index (χ3n) is 5.08. The van der Waals surface area contributed by atoms with Gasteiger partial charge in [0.25, 0.3) is 0 Å². The first kappa shape index (κ1) is 36.0. The van der Waals surface area contributed by atoms with Crippen LogP contribution in [0.1, 0.15) is 41.5 Å². The molecule has 0 aliphatic rings. The standard InChI is InChI=1S/C20H22F16O2/c1-9(10(13(2,3)21)14(4,22)18(28,29)30)37-7-8-38-12(17(25,26)27)11(15(5,23)19(31,32)33)16(6,24)20(34,35)36/h7-8H2,1-6H3/b10-9-,12-11?. The van der Waals surface area contributed by atoms with E-state index in [1.165, 1.54) is 0 Å². The molecule has 0 amide bonds. The minimum absolute atomic E-state index is 0.123. The zero-order chi connectivity index (χ0) is 31.1. The second-order valence-electron chi connectivity index (χ2n) is 8.80. The fraction of sp³-hybridized carbons (Fsp3) is 0.800. The zero-order valence-corrected chi connectivity index (χ0v) is 20.3. The predicted molar refractivity (Wildman–Crippen MR) is 99.6 cm³/mol. The van der Waals surface area contributed by atoms with Crippen LogP contribution in [0.4, 0.5) is 70.2 Å². The molecule has 0 aliphatic heterocycles. The van der Waals surface area contributed by atoms with Gasteiger partial charge in [-0.2, -0.15) is 52.7 Å². The lowest BCUT2D eigenvalue weighted by Crippen LogP contribution is -2.53. The summed E-state index contributed by atoms with van der Waals surface area (Å²) in [5, 5.41) is 0. The number of hydrogen-bond acceptors (Lipinski definition) is 2. The largest absolute Gasteiger partial charge is 0.494 e. The highest BCUT2D eigenvalue weighted by molar-refractivity contribution is 5.35. The van der Waals surface area contributed by atoms with E-state index in [9.17, 15) is 70.2 Å². The van der Waals surface area contributed by atoms with Gasteiger partial charge in [0.05, 0.1) is 11.3 Å². The van der Waals surface area contributed by atoms with E-state index in [0.717, 1.165) is 0 Å². The van der Waals surface area contributed by atoms with Gasteiger partial charge in [0, 0.05) is 5.57 Å². The van der Waals surface area contributed by atoms with Gasteiger partial charge >= 0.3 is 24.7 Å². The number of alkyl halides is 16. The molecular formula is C20H22F16O2. The quantitative estimate of drug-likeness (QED) is 0.150. The summed E-state index contributed by atoms with van der Waals surface area (Å²) in [5.74, 6) is -4.62. The minimum Gasteiger partial charge on any atom is -0.494 e. The molecular weight excluding hydrogens is 576 g/mol. The Morgan fingerprint density at radius 3 is 1.03 bits per heavy atom. The van der Waals surface area contributed by atoms with Crippen LogP contribution >= 0.6 is 0 Å². The first-order valence-corrected chi connectivity index (χ1v) is 10.0. The Morgan fingerprint density at radius 1 is 0.474 bits per heavy atom. The van der Waals surface area contributed by atoms with Crippen LogP contribution in [0.15, 0.2) is 22.7 Å². The fourth-order valence-corrected chi connectivity index (χ4v) is 3.31. The number of rotatable bonds is 9. The van der Waals surface area contributed by atoms with E-state index in [1.807, 2.05) is 0 Å². The summed E-state index contributed by atoms with van der Waals surface area (Å²) in [4.78, 5) is 0. The van der Waals surface area contributed by atoms with Crippen LogP contribution in [0.2, 0.25) is 0 Å². The van der Waals surface area contributed by atoms with E-state index in [2.05, 4.69) is 9.47 Å². The summed E-state index contributed by atoms with van der Waals surface area (Å²) in [6, 6.07) is 0. The van der Waals surface area contributed by atoms with Gasteiger partial charge in [0.1, 0.15) is 18.9 Å². The predicted octanol–water partition coefficient (Wildman–Crippen LogP) is 8.73. The Morgan fingerprint density at radius 2 is 0.763 bits per heavy atom. The highest BCUT2D eigenvalue weighted by Crippen LogP contribution is 2.53. The van der Waals surface area contributed by atoms with Gasteiger partial charge in [-0.3, -0.25) is 0 Å². The maximum atomic E-state index is 14.5. The van der Waals surface area contributed by atoms with Gasteiger partial charge in [0.15, 0.2) is 0 Å². The number of allylic oxidation sites excluding steroid dienone is 4. The summed E-state index contributed by atoms with van der Waals surface area (Å²) in [6.45, 7) is -3.60. The maximum Gasteiger partial charge on any atom is 0.449 e. The lowest BCUT2D eigenvalue weighted by Gasteiger charge is -2.36. The zero-order valence-electron chi connectivity index (χ0n) is 20.3. The Balaban J connectivity index is 6.69. The van der Waals surface area contributed by atoms with Crippen molar-refractivity contribution in [1.29, 1.82) is 0 Å². The molecule has 38 heavy (non-hydrogen) atoms. The Hall–Kier alpha value is -2.04. The third kappa shape index (κ3) is 7.54. The maximum absolute atomic E-state index is 14.5. The van der Waals surface area contributed by atoms with Crippen LogP contribution in [0.3, 0.4) is 0 Å². The molecule has 0 fully saturated rings. The molecule has 0 spiro atoms. The van der Waals surface area contributed by atoms with Gasteiger partial charge in [-0.1, -0.05) is 0 Å². The molecule has 0 rings (SSSR count). The van der Waals surface area contributed by atoms with E-state index in [1.54, 1.807) is 0 Å². The minimum atomic E-state index is -6.53. The van der Waals surface area contributed by atoms with E-state index in [4.69, 9.17) is 0 Å². The summed E-state index contributed by atoms with van der Waals surface area (Å²) in [6.07, 6.45) is -25.2. The van der Waals surface area contributed by atoms with Gasteiger partial charge in [-0.15, -0.1) is 0 Å². The normalized spacial score (nSPS) is 19.5. The molecule has 0 radical (unpaired) electrons. The summed E-state index contributed by atoms with van der Waals surface area (Å²) in [5.41, 5.74) is -24.0. The van der Waals surface area contributed by atoms with Crippen molar-refractivity contribution in [3.8, 4) is 0 Å². The van der Waals surface area contributed by atoms with E-state index in [0.29, 0.717) is 20.8 Å². The monoisotopic (exact) mass is 598 g/mol. The highest BCUT2D eigenvalue weighted by atomic mass is 19.4.